The Morgan fingerprint density at radius 3 is 2.78 bits per heavy atom. The number of allylic oxidation sites excluding steroid dienone is 1. The number of aryl methyl sites for hydroxylation is 1. The molecule has 46 heavy (non-hydrogen) atoms. The van der Waals surface area contributed by atoms with Crippen molar-refractivity contribution in [3.8, 4) is 5.75 Å². The number of amides is 1. The third-order valence-corrected chi connectivity index (χ3v) is 13.5. The lowest BCUT2D eigenvalue weighted by molar-refractivity contribution is 0.0455. The van der Waals surface area contributed by atoms with E-state index in [1.54, 1.807) is 18.2 Å². The number of aliphatic hydroxyl groups is 1. The topological polar surface area (TPSA) is 105 Å². The Balaban J connectivity index is 1.27. The van der Waals surface area contributed by atoms with Gasteiger partial charge in [0.15, 0.2) is 0 Å². The summed E-state index contributed by atoms with van der Waals surface area (Å²) in [5.41, 5.74) is 3.31. The molecule has 248 valence electrons. The molecule has 3 aliphatic heterocycles. The van der Waals surface area contributed by atoms with Gasteiger partial charge < -0.3 is 19.5 Å². The largest absolute Gasteiger partial charge is 0.490 e. The second-order valence-corrected chi connectivity index (χ2v) is 16.6. The molecule has 2 aliphatic carbocycles. The molecule has 2 aromatic rings. The summed E-state index contributed by atoms with van der Waals surface area (Å²) in [6.45, 7) is 4.42. The maximum Gasteiger partial charge on any atom is 0.264 e. The van der Waals surface area contributed by atoms with Crippen LogP contribution in [0.5, 0.6) is 5.75 Å². The highest BCUT2D eigenvalue weighted by Gasteiger charge is 2.44. The first-order valence-electron chi connectivity index (χ1n) is 16.9. The van der Waals surface area contributed by atoms with E-state index in [4.69, 9.17) is 21.1 Å². The molecule has 2 fully saturated rings. The molecule has 2 N–H and O–H groups in total. The number of carbonyl (C=O) groups is 1. The van der Waals surface area contributed by atoms with Gasteiger partial charge in [0.25, 0.3) is 5.91 Å². The van der Waals surface area contributed by atoms with Gasteiger partial charge >= 0.3 is 0 Å². The molecule has 0 radical (unpaired) electrons. The highest BCUT2D eigenvalue weighted by molar-refractivity contribution is 7.90. The van der Waals surface area contributed by atoms with E-state index in [1.807, 2.05) is 25.1 Å². The van der Waals surface area contributed by atoms with Crippen LogP contribution in [0, 0.1) is 17.8 Å². The average Bonchev–Trinajstić information content (AvgIpc) is 3.47. The van der Waals surface area contributed by atoms with Gasteiger partial charge in [-0.1, -0.05) is 36.7 Å². The molecule has 8 nitrogen and oxygen atoms in total. The van der Waals surface area contributed by atoms with E-state index in [1.165, 1.54) is 11.1 Å². The molecule has 1 saturated heterocycles. The van der Waals surface area contributed by atoms with Crippen molar-refractivity contribution >= 4 is 33.2 Å². The molecule has 5 aliphatic rings. The van der Waals surface area contributed by atoms with E-state index < -0.39 is 27.3 Å². The van der Waals surface area contributed by atoms with Crippen molar-refractivity contribution in [3.05, 3.63) is 70.3 Å². The number of fused-ring (bicyclic) bond motifs is 4. The van der Waals surface area contributed by atoms with Crippen molar-refractivity contribution in [2.24, 2.45) is 17.8 Å². The Labute approximate surface area is 277 Å². The first-order valence-corrected chi connectivity index (χ1v) is 18.9. The van der Waals surface area contributed by atoms with Crippen LogP contribution in [0.25, 0.3) is 0 Å². The van der Waals surface area contributed by atoms with Crippen LogP contribution in [0.15, 0.2) is 48.6 Å². The molecule has 1 saturated carbocycles. The monoisotopic (exact) mass is 668 g/mol. The molecule has 10 heteroatoms. The van der Waals surface area contributed by atoms with Gasteiger partial charge in [-0.25, -0.2) is 13.1 Å². The molecule has 7 atom stereocenters. The summed E-state index contributed by atoms with van der Waals surface area (Å²) in [5, 5.41) is 11.2. The smallest absolute Gasteiger partial charge is 0.264 e. The first-order chi connectivity index (χ1) is 22.1. The third-order valence-electron chi connectivity index (χ3n) is 11.3. The molecule has 0 aromatic heterocycles. The Hall–Kier alpha value is -2.59. The zero-order valence-corrected chi connectivity index (χ0v) is 28.1. The summed E-state index contributed by atoms with van der Waals surface area (Å²) in [6, 6.07) is 11.4. The van der Waals surface area contributed by atoms with Crippen LogP contribution < -0.4 is 14.4 Å². The van der Waals surface area contributed by atoms with Crippen molar-refractivity contribution in [1.82, 2.24) is 4.72 Å². The normalized spacial score (nSPS) is 34.8. The van der Waals surface area contributed by atoms with Gasteiger partial charge in [-0.05, 0) is 117 Å². The summed E-state index contributed by atoms with van der Waals surface area (Å²) in [5.74, 6) is 0.149. The SMILES string of the molecule is C[C@H]1C/C=C\[C@H](O)[C@@H]2CC[C@H]2CN2C[C@@]3(CCCc4cc(Cl)ccc43)COc3ccc(cc32)C(=O)NS(=O)(=O)[C@@H]1C[C@@H]1CCCO1. The van der Waals surface area contributed by atoms with Crippen molar-refractivity contribution in [2.45, 2.75) is 87.6 Å². The lowest BCUT2D eigenvalue weighted by Gasteiger charge is -2.45. The average molecular weight is 669 g/mol. The van der Waals surface area contributed by atoms with Gasteiger partial charge in [0.1, 0.15) is 5.75 Å². The van der Waals surface area contributed by atoms with Crippen LogP contribution in [-0.2, 0) is 26.6 Å². The highest BCUT2D eigenvalue weighted by Crippen LogP contribution is 2.47. The number of carbonyl (C=O) groups excluding carboxylic acids is 1. The Bertz CT molecular complexity index is 1610. The van der Waals surface area contributed by atoms with Gasteiger partial charge in [-0.2, -0.15) is 0 Å². The highest BCUT2D eigenvalue weighted by atomic mass is 35.5. The molecule has 7 rings (SSSR count). The molecule has 3 heterocycles. The summed E-state index contributed by atoms with van der Waals surface area (Å²) >= 11 is 6.41. The van der Waals surface area contributed by atoms with Crippen molar-refractivity contribution in [3.63, 3.8) is 0 Å². The van der Waals surface area contributed by atoms with Crippen molar-refractivity contribution in [1.29, 1.82) is 0 Å². The number of hydrogen-bond acceptors (Lipinski definition) is 7. The summed E-state index contributed by atoms with van der Waals surface area (Å²) in [6.07, 6.45) is 10.4. The molecule has 1 spiro atoms. The van der Waals surface area contributed by atoms with Gasteiger partial charge in [-0.15, -0.1) is 0 Å². The minimum Gasteiger partial charge on any atom is -0.490 e. The minimum atomic E-state index is -4.04. The number of halogens is 1. The number of nitrogens with one attached hydrogen (secondary N) is 1. The number of aliphatic hydroxyl groups excluding tert-OH is 1. The van der Waals surface area contributed by atoms with Crippen molar-refractivity contribution < 1.29 is 27.8 Å². The van der Waals surface area contributed by atoms with E-state index in [9.17, 15) is 18.3 Å². The van der Waals surface area contributed by atoms with Gasteiger partial charge in [0.2, 0.25) is 10.0 Å². The van der Waals surface area contributed by atoms with Crippen LogP contribution in [0.3, 0.4) is 0 Å². The molecular weight excluding hydrogens is 624 g/mol. The van der Waals surface area contributed by atoms with Crippen LogP contribution in [-0.4, -0.2) is 63.2 Å². The van der Waals surface area contributed by atoms with E-state index in [0.717, 1.165) is 55.7 Å². The summed E-state index contributed by atoms with van der Waals surface area (Å²) in [7, 11) is -4.04. The number of benzene rings is 2. The number of ether oxygens (including phenoxy) is 2. The molecule has 2 aromatic carbocycles. The van der Waals surface area contributed by atoms with E-state index in [2.05, 4.69) is 21.8 Å². The quantitative estimate of drug-likeness (QED) is 0.390. The van der Waals surface area contributed by atoms with Gasteiger partial charge in [0, 0.05) is 35.7 Å². The second kappa shape index (κ2) is 12.8. The maximum absolute atomic E-state index is 13.9. The van der Waals surface area contributed by atoms with Crippen LogP contribution in [0.2, 0.25) is 5.02 Å². The number of anilines is 1. The fourth-order valence-corrected chi connectivity index (χ4v) is 10.5. The fourth-order valence-electron chi connectivity index (χ4n) is 8.55. The molecule has 2 bridgehead atoms. The van der Waals surface area contributed by atoms with Crippen LogP contribution in [0.1, 0.15) is 79.8 Å². The standard InChI is InChI=1S/C36H45ClN2O6S/c1-23-5-2-8-32(40)29-12-9-26(29)20-39-21-36(15-3-6-24-17-27(37)11-13-30(24)36)22-45-33-14-10-25(18-31(33)39)35(41)38-46(42,43)34(23)19-28-7-4-16-44-28/h2,8,10-11,13-14,17-18,23,26,28-29,32,34,40H,3-7,9,12,15-16,19-22H2,1H3,(H,38,41)/b8-2-/t23-,26-,28-,29+,32-,34+,36-/m0/s1. The predicted molar refractivity (Wildman–Crippen MR) is 179 cm³/mol. The lowest BCUT2D eigenvalue weighted by atomic mass is 9.68. The Kier molecular flexibility index (Phi) is 8.89. The molecule has 0 unspecified atom stereocenters. The Morgan fingerprint density at radius 2 is 2.00 bits per heavy atom. The molecular formula is C36H45ClN2O6S. The lowest BCUT2D eigenvalue weighted by Crippen LogP contribution is -2.49. The number of nitrogens with zero attached hydrogens (tertiary/aromatic N) is 1. The predicted octanol–water partition coefficient (Wildman–Crippen LogP) is 5.79. The first kappa shape index (κ1) is 32.0. The number of hydrogen-bond donors (Lipinski definition) is 2. The van der Waals surface area contributed by atoms with Gasteiger partial charge in [0.05, 0.1) is 29.8 Å². The van der Waals surface area contributed by atoms with Gasteiger partial charge in [-0.3, -0.25) is 4.79 Å². The van der Waals surface area contributed by atoms with E-state index in [0.29, 0.717) is 44.9 Å². The van der Waals surface area contributed by atoms with Crippen molar-refractivity contribution in [2.75, 3.05) is 31.2 Å². The zero-order valence-electron chi connectivity index (χ0n) is 26.5. The van der Waals surface area contributed by atoms with Crippen LogP contribution in [0.4, 0.5) is 5.69 Å². The zero-order chi connectivity index (χ0) is 32.1. The van der Waals surface area contributed by atoms with E-state index in [-0.39, 0.29) is 34.8 Å². The fraction of sp³-hybridized carbons (Fsp3) is 0.583. The third kappa shape index (κ3) is 6.20. The molecule has 1 amide bonds. The maximum atomic E-state index is 13.9. The van der Waals surface area contributed by atoms with Crippen LogP contribution >= 0.6 is 11.6 Å². The number of rotatable bonds is 2. The second-order valence-electron chi connectivity index (χ2n) is 14.3. The number of sulfonamides is 1. The minimum absolute atomic E-state index is 0.110. The summed E-state index contributed by atoms with van der Waals surface area (Å²) < 4.78 is 42.5. The summed E-state index contributed by atoms with van der Waals surface area (Å²) in [4.78, 5) is 16.0. The Morgan fingerprint density at radius 1 is 1.13 bits per heavy atom. The van der Waals surface area contributed by atoms with E-state index >= 15 is 0 Å².